The standard InChI is InChI=1S/C12H13N3O3S2/c16-4-2-1-3-10-5-11(19-9-10)6-15-20(17,18)12-7-13-14-8-12/h5,7-9,15-16H,2,4,6H2,(H,13,14). The third-order valence-electron chi connectivity index (χ3n) is 2.34. The number of hydrogen-bond acceptors (Lipinski definition) is 5. The van der Waals surface area contributed by atoms with Gasteiger partial charge < -0.3 is 5.11 Å². The van der Waals surface area contributed by atoms with Gasteiger partial charge in [0, 0.05) is 35.0 Å². The average molecular weight is 311 g/mol. The molecule has 3 N–H and O–H groups in total. The molecule has 0 aliphatic carbocycles. The Bertz CT molecular complexity index is 709. The van der Waals surface area contributed by atoms with E-state index in [1.165, 1.54) is 23.7 Å². The first-order valence-electron chi connectivity index (χ1n) is 5.77. The minimum absolute atomic E-state index is 0.0362. The molecule has 0 fully saturated rings. The lowest BCUT2D eigenvalue weighted by atomic mass is 10.3. The molecule has 2 aromatic rings. The predicted octanol–water partition coefficient (Wildman–Crippen LogP) is 0.684. The second kappa shape index (κ2) is 6.67. The third kappa shape index (κ3) is 3.91. The number of aliphatic hydroxyl groups is 1. The molecule has 0 saturated carbocycles. The van der Waals surface area contributed by atoms with E-state index in [1.807, 2.05) is 11.4 Å². The maximum Gasteiger partial charge on any atom is 0.244 e. The minimum Gasteiger partial charge on any atom is -0.395 e. The molecule has 2 rings (SSSR count). The van der Waals surface area contributed by atoms with E-state index >= 15 is 0 Å². The molecule has 0 atom stereocenters. The van der Waals surface area contributed by atoms with Crippen LogP contribution in [-0.2, 0) is 16.6 Å². The van der Waals surface area contributed by atoms with E-state index in [4.69, 9.17) is 5.11 Å². The Hall–Kier alpha value is -1.66. The van der Waals surface area contributed by atoms with Gasteiger partial charge in [0.05, 0.1) is 12.8 Å². The summed E-state index contributed by atoms with van der Waals surface area (Å²) in [5.74, 6) is 5.71. The minimum atomic E-state index is -3.53. The number of H-pyrrole nitrogens is 1. The summed E-state index contributed by atoms with van der Waals surface area (Å²) in [6, 6.07) is 1.83. The van der Waals surface area contributed by atoms with Gasteiger partial charge in [-0.1, -0.05) is 11.8 Å². The highest BCUT2D eigenvalue weighted by atomic mass is 32.2. The number of sulfonamides is 1. The first kappa shape index (κ1) is 14.7. The molecule has 2 heterocycles. The van der Waals surface area contributed by atoms with Crippen molar-refractivity contribution in [2.24, 2.45) is 0 Å². The second-order valence-corrected chi connectivity index (χ2v) is 6.60. The molecule has 0 aliphatic rings. The molecule has 0 amide bonds. The first-order chi connectivity index (χ1) is 9.62. The van der Waals surface area contributed by atoms with Crippen molar-refractivity contribution in [3.63, 3.8) is 0 Å². The van der Waals surface area contributed by atoms with Gasteiger partial charge in [-0.15, -0.1) is 11.3 Å². The number of aromatic amines is 1. The zero-order valence-electron chi connectivity index (χ0n) is 10.5. The molecule has 0 aliphatic heterocycles. The van der Waals surface area contributed by atoms with Gasteiger partial charge >= 0.3 is 0 Å². The Kier molecular flexibility index (Phi) is 4.92. The highest BCUT2D eigenvalue weighted by Crippen LogP contribution is 2.15. The fourth-order valence-electron chi connectivity index (χ4n) is 1.39. The summed E-state index contributed by atoms with van der Waals surface area (Å²) >= 11 is 1.43. The van der Waals surface area contributed by atoms with E-state index in [1.54, 1.807) is 0 Å². The van der Waals surface area contributed by atoms with Crippen molar-refractivity contribution in [1.29, 1.82) is 0 Å². The van der Waals surface area contributed by atoms with Crippen molar-refractivity contribution in [2.75, 3.05) is 6.61 Å². The van der Waals surface area contributed by atoms with Crippen LogP contribution in [0, 0.1) is 11.8 Å². The summed E-state index contributed by atoms with van der Waals surface area (Å²) in [5.41, 5.74) is 0.820. The van der Waals surface area contributed by atoms with Crippen molar-refractivity contribution in [3.05, 3.63) is 34.3 Å². The van der Waals surface area contributed by atoms with Gasteiger partial charge in [0.2, 0.25) is 10.0 Å². The topological polar surface area (TPSA) is 95.1 Å². The lowest BCUT2D eigenvalue weighted by Crippen LogP contribution is -2.22. The van der Waals surface area contributed by atoms with Crippen LogP contribution in [-0.4, -0.2) is 30.3 Å². The Morgan fingerprint density at radius 2 is 2.35 bits per heavy atom. The zero-order chi connectivity index (χ0) is 14.4. The molecule has 0 bridgehead atoms. The summed E-state index contributed by atoms with van der Waals surface area (Å²) < 4.78 is 26.2. The van der Waals surface area contributed by atoms with Crippen LogP contribution in [0.5, 0.6) is 0 Å². The molecular formula is C12H13N3O3S2. The molecule has 0 unspecified atom stereocenters. The van der Waals surface area contributed by atoms with Gasteiger partial charge in [0.25, 0.3) is 0 Å². The highest BCUT2D eigenvalue weighted by Gasteiger charge is 2.14. The van der Waals surface area contributed by atoms with E-state index in [2.05, 4.69) is 26.8 Å². The number of nitrogens with one attached hydrogen (secondary N) is 2. The summed E-state index contributed by atoms with van der Waals surface area (Å²) in [6.45, 7) is 0.244. The highest BCUT2D eigenvalue weighted by molar-refractivity contribution is 7.89. The maximum atomic E-state index is 11.9. The SMILES string of the molecule is O=S(=O)(NCc1cc(C#CCCO)cs1)c1cn[nH]c1. The van der Waals surface area contributed by atoms with Crippen molar-refractivity contribution < 1.29 is 13.5 Å². The van der Waals surface area contributed by atoms with Crippen LogP contribution in [0.25, 0.3) is 0 Å². The monoisotopic (exact) mass is 311 g/mol. The van der Waals surface area contributed by atoms with Gasteiger partial charge in [0.15, 0.2) is 0 Å². The maximum absolute atomic E-state index is 11.9. The van der Waals surface area contributed by atoms with E-state index in [0.717, 1.165) is 10.4 Å². The summed E-state index contributed by atoms with van der Waals surface area (Å²) in [6.07, 6.45) is 3.00. The van der Waals surface area contributed by atoms with Crippen molar-refractivity contribution in [3.8, 4) is 11.8 Å². The van der Waals surface area contributed by atoms with E-state index < -0.39 is 10.0 Å². The lowest BCUT2D eigenvalue weighted by molar-refractivity contribution is 0.305. The molecule has 106 valence electrons. The van der Waals surface area contributed by atoms with Crippen LogP contribution in [0.1, 0.15) is 16.9 Å². The van der Waals surface area contributed by atoms with Gasteiger partial charge in [-0.3, -0.25) is 5.10 Å². The predicted molar refractivity (Wildman–Crippen MR) is 75.5 cm³/mol. The van der Waals surface area contributed by atoms with Gasteiger partial charge in [0.1, 0.15) is 4.90 Å². The number of aliphatic hydroxyl groups excluding tert-OH is 1. The molecule has 8 heteroatoms. The van der Waals surface area contributed by atoms with Crippen molar-refractivity contribution in [1.82, 2.24) is 14.9 Å². The fraction of sp³-hybridized carbons (Fsp3) is 0.250. The summed E-state index contributed by atoms with van der Waals surface area (Å²) in [4.78, 5) is 0.974. The van der Waals surface area contributed by atoms with Crippen LogP contribution >= 0.6 is 11.3 Å². The van der Waals surface area contributed by atoms with Gasteiger partial charge in [-0.2, -0.15) is 5.10 Å². The Morgan fingerprint density at radius 1 is 1.50 bits per heavy atom. The van der Waals surface area contributed by atoms with Crippen LogP contribution in [0.15, 0.2) is 28.7 Å². The quantitative estimate of drug-likeness (QED) is 0.708. The van der Waals surface area contributed by atoms with Gasteiger partial charge in [-0.25, -0.2) is 13.1 Å². The van der Waals surface area contributed by atoms with Crippen LogP contribution < -0.4 is 4.72 Å². The molecule has 2 aromatic heterocycles. The molecule has 20 heavy (non-hydrogen) atoms. The van der Waals surface area contributed by atoms with Crippen LogP contribution in [0.4, 0.5) is 0 Å². The van der Waals surface area contributed by atoms with Gasteiger partial charge in [-0.05, 0) is 6.07 Å². The molecule has 0 aromatic carbocycles. The number of hydrogen-bond donors (Lipinski definition) is 3. The van der Waals surface area contributed by atoms with Crippen molar-refractivity contribution >= 4 is 21.4 Å². The average Bonchev–Trinajstić information content (AvgIpc) is 3.09. The largest absolute Gasteiger partial charge is 0.395 e. The normalized spacial score (nSPS) is 11.1. The Morgan fingerprint density at radius 3 is 3.05 bits per heavy atom. The number of nitrogens with zero attached hydrogens (tertiary/aromatic N) is 1. The second-order valence-electron chi connectivity index (χ2n) is 3.84. The fourth-order valence-corrected chi connectivity index (χ4v) is 3.15. The lowest BCUT2D eigenvalue weighted by Gasteiger charge is -2.01. The molecule has 0 radical (unpaired) electrons. The molecule has 0 saturated heterocycles. The first-order valence-corrected chi connectivity index (χ1v) is 8.13. The van der Waals surface area contributed by atoms with Crippen LogP contribution in [0.2, 0.25) is 0 Å². The smallest absolute Gasteiger partial charge is 0.244 e. The Balaban J connectivity index is 1.97. The van der Waals surface area contributed by atoms with E-state index in [0.29, 0.717) is 6.42 Å². The molecule has 0 spiro atoms. The zero-order valence-corrected chi connectivity index (χ0v) is 12.1. The third-order valence-corrected chi connectivity index (χ3v) is 4.65. The van der Waals surface area contributed by atoms with Crippen molar-refractivity contribution in [2.45, 2.75) is 17.9 Å². The van der Waals surface area contributed by atoms with Crippen LogP contribution in [0.3, 0.4) is 0 Å². The number of rotatable bonds is 5. The number of thiophene rings is 1. The molecular weight excluding hydrogens is 298 g/mol. The summed E-state index contributed by atoms with van der Waals surface area (Å²) in [7, 11) is -3.53. The van der Waals surface area contributed by atoms with E-state index in [-0.39, 0.29) is 18.0 Å². The Labute approximate surface area is 120 Å². The summed E-state index contributed by atoms with van der Waals surface area (Å²) in [5, 5.41) is 16.6. The number of aromatic nitrogens is 2. The molecule has 6 nitrogen and oxygen atoms in total. The van der Waals surface area contributed by atoms with E-state index in [9.17, 15) is 8.42 Å².